The number of aryl methyl sites for hydroxylation is 1. The average molecular weight is 408 g/mol. The fourth-order valence-electron chi connectivity index (χ4n) is 5.87. The fraction of sp³-hybridized carbons (Fsp3) is 0.696. The van der Waals surface area contributed by atoms with E-state index in [0.717, 1.165) is 61.6 Å². The van der Waals surface area contributed by atoms with Gasteiger partial charge in [0.05, 0.1) is 6.04 Å². The zero-order chi connectivity index (χ0) is 20.1. The quantitative estimate of drug-likeness (QED) is 0.636. The van der Waals surface area contributed by atoms with E-state index in [1.165, 1.54) is 0 Å². The molecule has 5 rings (SSSR count). The number of carbonyl (C=O) groups is 1. The minimum absolute atomic E-state index is 0.0597. The van der Waals surface area contributed by atoms with E-state index in [0.29, 0.717) is 24.3 Å². The minimum Gasteiger partial charge on any atom is -0.507 e. The molecule has 1 amide bonds. The molecule has 0 saturated heterocycles. The summed E-state index contributed by atoms with van der Waals surface area (Å²) in [6, 6.07) is 1.51. The number of phenolic OH excluding ortho intramolecular Hbond substituents is 1. The van der Waals surface area contributed by atoms with Crippen LogP contribution >= 0.6 is 11.6 Å². The van der Waals surface area contributed by atoms with Crippen LogP contribution in [0.3, 0.4) is 0 Å². The zero-order valence-electron chi connectivity index (χ0n) is 16.9. The smallest absolute Gasteiger partial charge is 0.223 e. The molecule has 4 saturated carbocycles. The van der Waals surface area contributed by atoms with E-state index < -0.39 is 5.67 Å². The van der Waals surface area contributed by atoms with Gasteiger partial charge in [0.1, 0.15) is 11.4 Å². The van der Waals surface area contributed by atoms with Crippen molar-refractivity contribution in [2.75, 3.05) is 0 Å². The summed E-state index contributed by atoms with van der Waals surface area (Å²) in [5, 5.41) is 14.5. The molecule has 1 aromatic carbocycles. The van der Waals surface area contributed by atoms with Crippen LogP contribution in [-0.2, 0) is 4.79 Å². The summed E-state index contributed by atoms with van der Waals surface area (Å²) >= 11 is 6.69. The van der Waals surface area contributed by atoms with Gasteiger partial charge in [0.15, 0.2) is 0 Å². The van der Waals surface area contributed by atoms with Gasteiger partial charge in [-0.05, 0) is 87.8 Å². The van der Waals surface area contributed by atoms with Crippen LogP contribution in [0, 0.1) is 25.2 Å². The Kier molecular flexibility index (Phi) is 5.14. The van der Waals surface area contributed by atoms with Crippen molar-refractivity contribution in [1.29, 1.82) is 0 Å². The first kappa shape index (κ1) is 20.0. The van der Waals surface area contributed by atoms with Crippen molar-refractivity contribution in [1.82, 2.24) is 5.32 Å². The lowest BCUT2D eigenvalue weighted by Gasteiger charge is -2.54. The molecule has 0 heterocycles. The lowest BCUT2D eigenvalue weighted by Crippen LogP contribution is -2.51. The van der Waals surface area contributed by atoms with Gasteiger partial charge in [0.2, 0.25) is 5.91 Å². The van der Waals surface area contributed by atoms with Crippen LogP contribution in [0.15, 0.2) is 6.07 Å². The van der Waals surface area contributed by atoms with Crippen LogP contribution in [0.25, 0.3) is 0 Å². The van der Waals surface area contributed by atoms with E-state index >= 15 is 0 Å². The van der Waals surface area contributed by atoms with Gasteiger partial charge in [-0.15, -0.1) is 0 Å². The third-order valence-electron chi connectivity index (χ3n) is 7.86. The highest BCUT2D eigenvalue weighted by Crippen LogP contribution is 2.60. The highest BCUT2D eigenvalue weighted by atomic mass is 35.5. The Morgan fingerprint density at radius 2 is 1.75 bits per heavy atom. The highest BCUT2D eigenvalue weighted by Gasteiger charge is 2.54. The first-order valence-electron chi connectivity index (χ1n) is 10.7. The van der Waals surface area contributed by atoms with Gasteiger partial charge in [-0.1, -0.05) is 24.4 Å². The predicted molar refractivity (Wildman–Crippen MR) is 109 cm³/mol. The van der Waals surface area contributed by atoms with E-state index in [4.69, 9.17) is 11.6 Å². The summed E-state index contributed by atoms with van der Waals surface area (Å²) in [5.41, 5.74) is 1.08. The van der Waals surface area contributed by atoms with Crippen LogP contribution in [0.2, 0.25) is 5.02 Å². The molecule has 2 N–H and O–H groups in total. The minimum atomic E-state index is -1.03. The molecule has 4 aliphatic carbocycles. The molecule has 1 atom stereocenters. The molecule has 4 aliphatic rings. The van der Waals surface area contributed by atoms with E-state index in [9.17, 15) is 14.3 Å². The maximum atomic E-state index is 14.8. The predicted octanol–water partition coefficient (Wildman–Crippen LogP) is 6.07. The average Bonchev–Trinajstić information content (AvgIpc) is 3.21. The lowest BCUT2D eigenvalue weighted by molar-refractivity contribution is -0.128. The topological polar surface area (TPSA) is 49.3 Å². The summed E-state index contributed by atoms with van der Waals surface area (Å²) in [6.07, 6.45) is 7.99. The molecule has 0 aliphatic heterocycles. The molecule has 28 heavy (non-hydrogen) atoms. The summed E-state index contributed by atoms with van der Waals surface area (Å²) in [5.74, 6) is 0.391. The Morgan fingerprint density at radius 3 is 2.32 bits per heavy atom. The number of benzene rings is 1. The van der Waals surface area contributed by atoms with E-state index in [2.05, 4.69) is 5.32 Å². The Bertz CT molecular complexity index is 763. The zero-order valence-corrected chi connectivity index (χ0v) is 17.7. The van der Waals surface area contributed by atoms with Crippen molar-refractivity contribution in [2.24, 2.45) is 11.3 Å². The standard InChI is InChI=1S/C23H31ClFNO2/c1-14-13-17(24)18(15(2)19(14)27)20(26-21(28)16-5-3-4-6-16)22-7-10-23(25,11-8-22)12-9-22/h13,16,20,27H,3-12H2,1-2H3,(H,26,28)/t20-,22?,23?/m1/s1. The van der Waals surface area contributed by atoms with Gasteiger partial charge in [0, 0.05) is 16.5 Å². The molecule has 154 valence electrons. The molecule has 5 heteroatoms. The van der Waals surface area contributed by atoms with Crippen LogP contribution in [-0.4, -0.2) is 16.7 Å². The number of carbonyl (C=O) groups excluding carboxylic acids is 1. The number of fused-ring (bicyclic) bond motifs is 3. The monoisotopic (exact) mass is 407 g/mol. The van der Waals surface area contributed by atoms with Gasteiger partial charge >= 0.3 is 0 Å². The summed E-state index contributed by atoms with van der Waals surface area (Å²) in [7, 11) is 0. The van der Waals surface area contributed by atoms with Gasteiger partial charge < -0.3 is 10.4 Å². The third kappa shape index (κ3) is 3.32. The van der Waals surface area contributed by atoms with E-state index in [1.54, 1.807) is 6.07 Å². The van der Waals surface area contributed by atoms with Crippen LogP contribution in [0.4, 0.5) is 4.39 Å². The van der Waals surface area contributed by atoms with E-state index in [1.807, 2.05) is 13.8 Å². The SMILES string of the molecule is Cc1cc(Cl)c([C@@H](NC(=O)C2CCCC2)C23CCC(F)(CC2)CC3)c(C)c1O. The number of alkyl halides is 1. The Balaban J connectivity index is 1.74. The number of hydrogen-bond donors (Lipinski definition) is 2. The molecule has 3 nitrogen and oxygen atoms in total. The molecule has 1 aromatic rings. The Hall–Kier alpha value is -1.29. The normalized spacial score (nSPS) is 31.1. The van der Waals surface area contributed by atoms with Crippen molar-refractivity contribution >= 4 is 17.5 Å². The van der Waals surface area contributed by atoms with Crippen molar-refractivity contribution in [2.45, 2.75) is 89.8 Å². The Labute approximate surface area is 172 Å². The van der Waals surface area contributed by atoms with Crippen molar-refractivity contribution < 1.29 is 14.3 Å². The molecular formula is C23H31ClFNO2. The number of amides is 1. The number of phenols is 1. The molecule has 4 fully saturated rings. The highest BCUT2D eigenvalue weighted by molar-refractivity contribution is 6.31. The molecule has 0 radical (unpaired) electrons. The van der Waals surface area contributed by atoms with Gasteiger partial charge in [0.25, 0.3) is 0 Å². The molecule has 0 spiro atoms. The maximum Gasteiger partial charge on any atom is 0.223 e. The summed E-state index contributed by atoms with van der Waals surface area (Å²) in [4.78, 5) is 13.1. The van der Waals surface area contributed by atoms with Crippen LogP contribution in [0.5, 0.6) is 5.75 Å². The van der Waals surface area contributed by atoms with Gasteiger partial charge in [-0.3, -0.25) is 4.79 Å². The number of rotatable bonds is 4. The van der Waals surface area contributed by atoms with Gasteiger partial charge in [-0.2, -0.15) is 0 Å². The second-order valence-electron chi connectivity index (χ2n) is 9.50. The largest absolute Gasteiger partial charge is 0.507 e. The Morgan fingerprint density at radius 1 is 1.18 bits per heavy atom. The van der Waals surface area contributed by atoms with Crippen molar-refractivity contribution in [3.63, 3.8) is 0 Å². The fourth-order valence-corrected chi connectivity index (χ4v) is 6.29. The number of aromatic hydroxyl groups is 1. The summed E-state index contributed by atoms with van der Waals surface area (Å²) < 4.78 is 14.8. The van der Waals surface area contributed by atoms with Crippen molar-refractivity contribution in [3.05, 3.63) is 27.8 Å². The molecule has 0 aromatic heterocycles. The molecule has 2 bridgehead atoms. The van der Waals surface area contributed by atoms with Crippen molar-refractivity contribution in [3.8, 4) is 5.75 Å². The first-order chi connectivity index (χ1) is 13.2. The van der Waals surface area contributed by atoms with E-state index in [-0.39, 0.29) is 29.0 Å². The second-order valence-corrected chi connectivity index (χ2v) is 9.91. The molecular weight excluding hydrogens is 377 g/mol. The number of nitrogens with one attached hydrogen (secondary N) is 1. The van der Waals surface area contributed by atoms with Gasteiger partial charge in [-0.25, -0.2) is 4.39 Å². The van der Waals surface area contributed by atoms with Crippen LogP contribution < -0.4 is 5.32 Å². The lowest BCUT2D eigenvalue weighted by atomic mass is 9.55. The third-order valence-corrected chi connectivity index (χ3v) is 8.17. The number of hydrogen-bond acceptors (Lipinski definition) is 2. The first-order valence-corrected chi connectivity index (χ1v) is 11.1. The molecule has 0 unspecified atom stereocenters. The maximum absolute atomic E-state index is 14.8. The van der Waals surface area contributed by atoms with Crippen LogP contribution in [0.1, 0.15) is 86.9 Å². The summed E-state index contributed by atoms with van der Waals surface area (Å²) in [6.45, 7) is 3.71. The number of halogens is 2. The second kappa shape index (κ2) is 7.19.